The molecule has 18 heteroatoms. The first-order valence-electron chi connectivity index (χ1n) is 15.6. The molecule has 2 heterocycles. The molecule has 0 radical (unpaired) electrons. The highest BCUT2D eigenvalue weighted by Crippen LogP contribution is 2.38. The van der Waals surface area contributed by atoms with Crippen molar-refractivity contribution in [1.82, 2.24) is 25.2 Å². The molecule has 3 aromatic rings. The van der Waals surface area contributed by atoms with E-state index >= 15 is 0 Å². The lowest BCUT2D eigenvalue weighted by Gasteiger charge is -2.34. The smallest absolute Gasteiger partial charge is 0.417 e. The van der Waals surface area contributed by atoms with E-state index in [9.17, 15) is 44.3 Å². The Morgan fingerprint density at radius 3 is 1.94 bits per heavy atom. The third-order valence-electron chi connectivity index (χ3n) is 8.32. The maximum Gasteiger partial charge on any atom is 0.417 e. The first kappa shape index (κ1) is 37.7. The highest BCUT2D eigenvalue weighted by atomic mass is 19.4. The maximum atomic E-state index is 13.9. The van der Waals surface area contributed by atoms with E-state index in [2.05, 4.69) is 20.4 Å². The number of alkyl halides is 9. The van der Waals surface area contributed by atoms with Crippen LogP contribution < -0.4 is 9.80 Å². The van der Waals surface area contributed by atoms with E-state index in [1.165, 1.54) is 7.05 Å². The number of hydrogen-bond donors (Lipinski definition) is 0. The fraction of sp³-hybridized carbons (Fsp3) is 0.581. The van der Waals surface area contributed by atoms with Crippen molar-refractivity contribution < 1.29 is 49.0 Å². The van der Waals surface area contributed by atoms with Crippen LogP contribution in [0.15, 0.2) is 30.5 Å². The Hall–Kier alpha value is -4.12. The molecule has 0 amide bonds. The lowest BCUT2D eigenvalue weighted by Crippen LogP contribution is -2.34. The SMILES string of the molecule is CCOC(=O)CC1CCC(CN(CC)c2ncc(C(F)(F)F)cc2CN(Cc2cc(C(F)(F)F)cc(C(F)(F)F)c2)c2nnn(C)n2)CC1. The number of carbonyl (C=O) groups excluding carboxylic acids is 1. The van der Waals surface area contributed by atoms with Gasteiger partial charge in [-0.1, -0.05) is 5.10 Å². The van der Waals surface area contributed by atoms with E-state index < -0.39 is 53.9 Å². The van der Waals surface area contributed by atoms with Crippen molar-refractivity contribution in [1.29, 1.82) is 0 Å². The summed E-state index contributed by atoms with van der Waals surface area (Å²) < 4.78 is 129. The van der Waals surface area contributed by atoms with Crippen molar-refractivity contribution in [3.63, 3.8) is 0 Å². The molecule has 9 nitrogen and oxygen atoms in total. The van der Waals surface area contributed by atoms with Gasteiger partial charge in [0, 0.05) is 44.4 Å². The third-order valence-corrected chi connectivity index (χ3v) is 8.32. The summed E-state index contributed by atoms with van der Waals surface area (Å²) in [5.74, 6) is -0.0506. The quantitative estimate of drug-likeness (QED) is 0.142. The van der Waals surface area contributed by atoms with E-state index in [0.717, 1.165) is 41.4 Å². The van der Waals surface area contributed by atoms with Gasteiger partial charge in [0.15, 0.2) is 0 Å². The molecular weight excluding hydrogens is 673 g/mol. The standard InChI is InChI=1S/C31H36F9N7O2/c1-4-46(16-20-8-6-19(7-9-20)12-26(48)49-5-2)27-22(13-25(15-41-27)31(38,39)40)18-47(28-42-44-45(3)43-28)17-21-10-23(29(32,33)34)14-24(11-21)30(35,36)37/h10-11,13-15,19-20H,4-9,12,16-18H2,1-3H3. The van der Waals surface area contributed by atoms with Crippen molar-refractivity contribution in [2.45, 2.75) is 77.6 Å². The summed E-state index contributed by atoms with van der Waals surface area (Å²) in [5, 5.41) is 11.6. The van der Waals surface area contributed by atoms with Crippen LogP contribution in [0.2, 0.25) is 0 Å². The van der Waals surface area contributed by atoms with Crippen LogP contribution in [-0.4, -0.2) is 50.9 Å². The lowest BCUT2D eigenvalue weighted by atomic mass is 9.80. The maximum absolute atomic E-state index is 13.9. The normalized spacial score (nSPS) is 17.2. The molecule has 1 aliphatic rings. The number of aromatic nitrogens is 5. The summed E-state index contributed by atoms with van der Waals surface area (Å²) in [6, 6.07) is 1.94. The first-order valence-corrected chi connectivity index (χ1v) is 15.6. The number of rotatable bonds is 12. The average molecular weight is 710 g/mol. The van der Waals surface area contributed by atoms with Crippen LogP contribution in [-0.2, 0) is 48.2 Å². The molecule has 4 rings (SSSR count). The topological polar surface area (TPSA) is 89.3 Å². The van der Waals surface area contributed by atoms with Crippen LogP contribution in [0.5, 0.6) is 0 Å². The van der Waals surface area contributed by atoms with Gasteiger partial charge in [0.1, 0.15) is 5.82 Å². The Bertz CT molecular complexity index is 1530. The summed E-state index contributed by atoms with van der Waals surface area (Å²) >= 11 is 0. The van der Waals surface area contributed by atoms with Crippen molar-refractivity contribution in [2.24, 2.45) is 18.9 Å². The van der Waals surface area contributed by atoms with Crippen LogP contribution in [0.1, 0.15) is 73.8 Å². The molecule has 0 atom stereocenters. The Morgan fingerprint density at radius 2 is 1.43 bits per heavy atom. The zero-order chi connectivity index (χ0) is 36.1. The minimum Gasteiger partial charge on any atom is -0.466 e. The number of ether oxygens (including phenoxy) is 1. The predicted octanol–water partition coefficient (Wildman–Crippen LogP) is 7.45. The van der Waals surface area contributed by atoms with Crippen molar-refractivity contribution in [2.75, 3.05) is 29.5 Å². The fourth-order valence-electron chi connectivity index (χ4n) is 5.94. The Morgan fingerprint density at radius 1 is 0.837 bits per heavy atom. The van der Waals surface area contributed by atoms with Crippen LogP contribution >= 0.6 is 0 Å². The van der Waals surface area contributed by atoms with Gasteiger partial charge in [-0.05, 0) is 86.4 Å². The van der Waals surface area contributed by atoms with E-state index in [4.69, 9.17) is 4.74 Å². The largest absolute Gasteiger partial charge is 0.466 e. The monoisotopic (exact) mass is 709 g/mol. The van der Waals surface area contributed by atoms with E-state index in [1.54, 1.807) is 18.7 Å². The minimum atomic E-state index is -5.11. The molecule has 1 saturated carbocycles. The summed E-state index contributed by atoms with van der Waals surface area (Å²) in [6.07, 6.45) is -11.0. The van der Waals surface area contributed by atoms with Crippen LogP contribution in [0.3, 0.4) is 0 Å². The van der Waals surface area contributed by atoms with Gasteiger partial charge in [0.05, 0.1) is 30.3 Å². The van der Waals surface area contributed by atoms with Gasteiger partial charge in [0.25, 0.3) is 5.95 Å². The molecule has 1 fully saturated rings. The zero-order valence-electron chi connectivity index (χ0n) is 27.0. The highest BCUT2D eigenvalue weighted by molar-refractivity contribution is 5.69. The molecular formula is C31H36F9N7O2. The number of anilines is 2. The second-order valence-corrected chi connectivity index (χ2v) is 12.0. The number of aryl methyl sites for hydroxylation is 1. The number of carbonyl (C=O) groups is 1. The predicted molar refractivity (Wildman–Crippen MR) is 159 cm³/mol. The van der Waals surface area contributed by atoms with Crippen LogP contribution in [0.4, 0.5) is 51.3 Å². The van der Waals surface area contributed by atoms with Gasteiger partial charge in [0.2, 0.25) is 0 Å². The van der Waals surface area contributed by atoms with Gasteiger partial charge in [-0.15, -0.1) is 5.10 Å². The van der Waals surface area contributed by atoms with Gasteiger partial charge in [-0.25, -0.2) is 4.98 Å². The van der Waals surface area contributed by atoms with Gasteiger partial charge in [-0.2, -0.15) is 44.3 Å². The van der Waals surface area contributed by atoms with E-state index in [0.29, 0.717) is 44.4 Å². The molecule has 1 aliphatic carbocycles. The molecule has 0 saturated heterocycles. The average Bonchev–Trinajstić information content (AvgIpc) is 3.45. The van der Waals surface area contributed by atoms with Crippen molar-refractivity contribution >= 4 is 17.7 Å². The lowest BCUT2D eigenvalue weighted by molar-refractivity contribution is -0.145. The van der Waals surface area contributed by atoms with E-state index in [1.807, 2.05) is 0 Å². The molecule has 0 unspecified atom stereocenters. The molecule has 0 spiro atoms. The minimum absolute atomic E-state index is 0.00291. The number of benzene rings is 1. The highest BCUT2D eigenvalue weighted by Gasteiger charge is 2.38. The van der Waals surface area contributed by atoms with Crippen molar-refractivity contribution in [3.05, 3.63) is 58.3 Å². The Labute approximate surface area is 276 Å². The van der Waals surface area contributed by atoms with Crippen LogP contribution in [0.25, 0.3) is 0 Å². The first-order chi connectivity index (χ1) is 22.9. The Kier molecular flexibility index (Phi) is 11.7. The van der Waals surface area contributed by atoms with Crippen molar-refractivity contribution in [3.8, 4) is 0 Å². The molecule has 270 valence electrons. The van der Waals surface area contributed by atoms with Gasteiger partial charge < -0.3 is 14.5 Å². The second kappa shape index (κ2) is 15.2. The second-order valence-electron chi connectivity index (χ2n) is 12.0. The Balaban J connectivity index is 1.68. The molecule has 0 aliphatic heterocycles. The number of halogens is 9. The number of esters is 1. The van der Waals surface area contributed by atoms with E-state index in [-0.39, 0.29) is 41.2 Å². The van der Waals surface area contributed by atoms with Gasteiger partial charge >= 0.3 is 24.5 Å². The summed E-state index contributed by atoms with van der Waals surface area (Å²) in [4.78, 5) is 20.0. The summed E-state index contributed by atoms with van der Waals surface area (Å²) in [7, 11) is 1.37. The molecule has 1 aromatic carbocycles. The number of tetrazole rings is 1. The number of nitrogens with zero attached hydrogens (tertiary/aromatic N) is 7. The summed E-state index contributed by atoms with van der Waals surface area (Å²) in [6.45, 7) is 3.47. The number of pyridine rings is 1. The third kappa shape index (κ3) is 10.2. The molecule has 49 heavy (non-hydrogen) atoms. The molecule has 0 N–H and O–H groups in total. The fourth-order valence-corrected chi connectivity index (χ4v) is 5.94. The van der Waals surface area contributed by atoms with Crippen LogP contribution in [0, 0.1) is 11.8 Å². The van der Waals surface area contributed by atoms with Gasteiger partial charge in [-0.3, -0.25) is 4.79 Å². The number of hydrogen-bond acceptors (Lipinski definition) is 8. The molecule has 0 bridgehead atoms. The molecule has 2 aromatic heterocycles. The summed E-state index contributed by atoms with van der Waals surface area (Å²) in [5.41, 5.74) is -4.60. The zero-order valence-corrected chi connectivity index (χ0v) is 27.0.